The number of carbonyl (C=O) groups excluding carboxylic acids is 2. The second-order valence-electron chi connectivity index (χ2n) is 8.92. The van der Waals surface area contributed by atoms with Gasteiger partial charge in [-0.15, -0.1) is 11.3 Å². The van der Waals surface area contributed by atoms with Crippen LogP contribution in [0.1, 0.15) is 53.4 Å². The van der Waals surface area contributed by atoms with Gasteiger partial charge in [-0.3, -0.25) is 9.78 Å². The summed E-state index contributed by atoms with van der Waals surface area (Å²) in [5, 5.41) is 16.3. The standard InChI is InChI=1S/C28H31N5O3S/c1-3-36-24-10-5-4-9-21(24)19(2)16-26(34)32-27-23(17-29)22-12-15-33(18-25(22)37-27)28(35)31-14-11-20-8-6-7-13-30-20/h4-10,13,19H,3,11-12,14-16,18H2,1-2H3,(H,31,35)(H,32,34)/t19-/m0/s1. The maximum Gasteiger partial charge on any atom is 0.317 e. The van der Waals surface area contributed by atoms with Crippen LogP contribution in [0.4, 0.5) is 9.80 Å². The molecule has 37 heavy (non-hydrogen) atoms. The molecule has 3 aromatic rings. The fourth-order valence-corrected chi connectivity index (χ4v) is 5.71. The molecule has 1 aromatic carbocycles. The molecule has 0 unspecified atom stereocenters. The minimum atomic E-state index is -0.155. The lowest BCUT2D eigenvalue weighted by Crippen LogP contribution is -2.43. The van der Waals surface area contributed by atoms with Gasteiger partial charge in [0, 0.05) is 42.7 Å². The summed E-state index contributed by atoms with van der Waals surface area (Å²) in [5.41, 5.74) is 3.34. The smallest absolute Gasteiger partial charge is 0.317 e. The first-order valence-electron chi connectivity index (χ1n) is 12.5. The molecule has 2 N–H and O–H groups in total. The maximum absolute atomic E-state index is 12.9. The van der Waals surface area contributed by atoms with E-state index in [0.717, 1.165) is 27.4 Å². The Bertz CT molecular complexity index is 1280. The van der Waals surface area contributed by atoms with Crippen LogP contribution >= 0.6 is 11.3 Å². The molecule has 0 aliphatic carbocycles. The van der Waals surface area contributed by atoms with Crippen LogP contribution in [-0.2, 0) is 24.2 Å². The number of nitrogens with one attached hydrogen (secondary N) is 2. The number of nitriles is 1. The van der Waals surface area contributed by atoms with E-state index in [2.05, 4.69) is 21.7 Å². The molecule has 0 fully saturated rings. The summed E-state index contributed by atoms with van der Waals surface area (Å²) >= 11 is 1.38. The predicted octanol–water partition coefficient (Wildman–Crippen LogP) is 4.86. The van der Waals surface area contributed by atoms with E-state index in [-0.39, 0.29) is 24.3 Å². The number of fused-ring (bicyclic) bond motifs is 1. The molecule has 1 aliphatic rings. The Kier molecular flexibility index (Phi) is 8.75. The van der Waals surface area contributed by atoms with Gasteiger partial charge in [0.25, 0.3) is 0 Å². The van der Waals surface area contributed by atoms with Gasteiger partial charge >= 0.3 is 6.03 Å². The van der Waals surface area contributed by atoms with Crippen molar-refractivity contribution in [1.82, 2.24) is 15.2 Å². The summed E-state index contributed by atoms with van der Waals surface area (Å²) in [6, 6.07) is 15.6. The first-order valence-corrected chi connectivity index (χ1v) is 13.3. The Hall–Kier alpha value is -3.90. The highest BCUT2D eigenvalue weighted by Gasteiger charge is 2.28. The van der Waals surface area contributed by atoms with Crippen molar-refractivity contribution in [3.8, 4) is 11.8 Å². The fourth-order valence-electron chi connectivity index (χ4n) is 4.48. The van der Waals surface area contributed by atoms with Crippen molar-refractivity contribution in [2.24, 2.45) is 0 Å². The number of para-hydroxylation sites is 1. The van der Waals surface area contributed by atoms with E-state index in [1.807, 2.05) is 56.3 Å². The number of thiophene rings is 1. The molecule has 2 aromatic heterocycles. The Labute approximate surface area is 221 Å². The van der Waals surface area contributed by atoms with Crippen molar-refractivity contribution in [2.75, 3.05) is 25.0 Å². The van der Waals surface area contributed by atoms with Crippen LogP contribution in [0.3, 0.4) is 0 Å². The van der Waals surface area contributed by atoms with Crippen molar-refractivity contribution >= 4 is 28.3 Å². The zero-order valence-electron chi connectivity index (χ0n) is 21.1. The molecule has 1 atom stereocenters. The number of urea groups is 1. The van der Waals surface area contributed by atoms with Crippen LogP contribution in [0.5, 0.6) is 5.75 Å². The number of nitrogens with zero attached hydrogens (tertiary/aromatic N) is 3. The first kappa shape index (κ1) is 26.2. The van der Waals surface area contributed by atoms with Crippen LogP contribution < -0.4 is 15.4 Å². The van der Waals surface area contributed by atoms with Gasteiger partial charge in [-0.25, -0.2) is 4.79 Å². The lowest BCUT2D eigenvalue weighted by atomic mass is 9.96. The number of ether oxygens (including phenoxy) is 1. The van der Waals surface area contributed by atoms with Crippen LogP contribution in [-0.4, -0.2) is 41.5 Å². The largest absolute Gasteiger partial charge is 0.494 e. The van der Waals surface area contributed by atoms with Crippen LogP contribution in [0.2, 0.25) is 0 Å². The number of pyridine rings is 1. The van der Waals surface area contributed by atoms with Crippen molar-refractivity contribution in [2.45, 2.75) is 45.6 Å². The van der Waals surface area contributed by atoms with Gasteiger partial charge in [0.1, 0.15) is 16.8 Å². The molecule has 1 aliphatic heterocycles. The summed E-state index contributed by atoms with van der Waals surface area (Å²) < 4.78 is 5.71. The fraction of sp³-hybridized carbons (Fsp3) is 0.357. The number of rotatable bonds is 9. The van der Waals surface area contributed by atoms with Crippen LogP contribution in [0, 0.1) is 11.3 Å². The number of hydrogen-bond acceptors (Lipinski definition) is 6. The summed E-state index contributed by atoms with van der Waals surface area (Å²) in [7, 11) is 0. The molecule has 4 rings (SSSR count). The third kappa shape index (κ3) is 6.46. The lowest BCUT2D eigenvalue weighted by molar-refractivity contribution is -0.116. The second kappa shape index (κ2) is 12.4. The highest BCUT2D eigenvalue weighted by molar-refractivity contribution is 7.16. The van der Waals surface area contributed by atoms with E-state index in [1.54, 1.807) is 11.1 Å². The number of hydrogen-bond donors (Lipinski definition) is 2. The molecular formula is C28H31N5O3S. The van der Waals surface area contributed by atoms with E-state index in [4.69, 9.17) is 4.74 Å². The van der Waals surface area contributed by atoms with Crippen LogP contribution in [0.15, 0.2) is 48.7 Å². The Balaban J connectivity index is 1.36. The number of anilines is 1. The van der Waals surface area contributed by atoms with Crippen molar-refractivity contribution in [1.29, 1.82) is 5.26 Å². The van der Waals surface area contributed by atoms with E-state index in [1.165, 1.54) is 11.3 Å². The van der Waals surface area contributed by atoms with Crippen LogP contribution in [0.25, 0.3) is 0 Å². The highest BCUT2D eigenvalue weighted by Crippen LogP contribution is 2.37. The topological polar surface area (TPSA) is 107 Å². The Morgan fingerprint density at radius 2 is 2.05 bits per heavy atom. The average Bonchev–Trinajstić information content (AvgIpc) is 3.25. The number of benzene rings is 1. The molecule has 3 amide bonds. The minimum absolute atomic E-state index is 0.0480. The summed E-state index contributed by atoms with van der Waals surface area (Å²) in [6.07, 6.45) is 3.25. The zero-order valence-corrected chi connectivity index (χ0v) is 21.9. The van der Waals surface area contributed by atoms with Gasteiger partial charge in [0.15, 0.2) is 0 Å². The molecule has 3 heterocycles. The van der Waals surface area contributed by atoms with Gasteiger partial charge in [-0.1, -0.05) is 31.2 Å². The summed E-state index contributed by atoms with van der Waals surface area (Å²) in [5.74, 6) is 0.583. The van der Waals surface area contributed by atoms with Crippen molar-refractivity contribution in [3.05, 3.63) is 75.9 Å². The van der Waals surface area contributed by atoms with E-state index in [9.17, 15) is 14.9 Å². The highest BCUT2D eigenvalue weighted by atomic mass is 32.1. The molecule has 192 valence electrons. The maximum atomic E-state index is 12.9. The molecule has 8 nitrogen and oxygen atoms in total. The third-order valence-corrected chi connectivity index (χ3v) is 7.47. The lowest BCUT2D eigenvalue weighted by Gasteiger charge is -2.27. The second-order valence-corrected chi connectivity index (χ2v) is 10.0. The average molecular weight is 518 g/mol. The third-order valence-electron chi connectivity index (χ3n) is 6.33. The summed E-state index contributed by atoms with van der Waals surface area (Å²) in [4.78, 5) is 32.6. The molecule has 0 spiro atoms. The predicted molar refractivity (Wildman–Crippen MR) is 144 cm³/mol. The molecule has 0 saturated heterocycles. The van der Waals surface area contributed by atoms with Gasteiger partial charge in [-0.05, 0) is 48.6 Å². The summed E-state index contributed by atoms with van der Waals surface area (Å²) in [6.45, 7) is 5.92. The SMILES string of the molecule is CCOc1ccccc1[C@@H](C)CC(=O)Nc1sc2c(c1C#N)CCN(C(=O)NCCc1ccccn1)C2. The number of aromatic nitrogens is 1. The first-order chi connectivity index (χ1) is 18.0. The molecular weight excluding hydrogens is 486 g/mol. The molecule has 9 heteroatoms. The normalized spacial score (nSPS) is 13.3. The van der Waals surface area contributed by atoms with Gasteiger partial charge in [0.2, 0.25) is 5.91 Å². The Morgan fingerprint density at radius 1 is 1.24 bits per heavy atom. The molecule has 0 bridgehead atoms. The Morgan fingerprint density at radius 3 is 2.81 bits per heavy atom. The quantitative estimate of drug-likeness (QED) is 0.422. The van der Waals surface area contributed by atoms with Gasteiger partial charge in [-0.2, -0.15) is 5.26 Å². The van der Waals surface area contributed by atoms with E-state index < -0.39 is 0 Å². The monoisotopic (exact) mass is 517 g/mol. The van der Waals surface area contributed by atoms with Crippen molar-refractivity contribution in [3.63, 3.8) is 0 Å². The number of amides is 3. The van der Waals surface area contributed by atoms with Gasteiger partial charge in [0.05, 0.1) is 18.7 Å². The van der Waals surface area contributed by atoms with E-state index in [0.29, 0.717) is 49.6 Å². The molecule has 0 saturated carbocycles. The van der Waals surface area contributed by atoms with E-state index >= 15 is 0 Å². The van der Waals surface area contributed by atoms with Gasteiger partial charge < -0.3 is 20.3 Å². The van der Waals surface area contributed by atoms with Crippen molar-refractivity contribution < 1.29 is 14.3 Å². The number of carbonyl (C=O) groups is 2. The zero-order chi connectivity index (χ0) is 26.2. The molecule has 0 radical (unpaired) electrons. The minimum Gasteiger partial charge on any atom is -0.494 e.